The Balaban J connectivity index is 2.26. The Kier molecular flexibility index (Phi) is 3.21. The highest BCUT2D eigenvalue weighted by Gasteiger charge is 2.24. The van der Waals surface area contributed by atoms with Gasteiger partial charge in [0.05, 0.1) is 5.70 Å². The fourth-order valence-electron chi connectivity index (χ4n) is 1.74. The standard InChI is InChI=1S/C12H14BrNO2/c1-7-9(4-3-5-10(7)13)12-14-8(2)11(6-15)16-12/h3-5,12,14-15H,6H2,1-2H3. The first-order valence-corrected chi connectivity index (χ1v) is 5.91. The summed E-state index contributed by atoms with van der Waals surface area (Å²) in [6.45, 7) is 3.87. The zero-order valence-electron chi connectivity index (χ0n) is 9.25. The van der Waals surface area contributed by atoms with Crippen LogP contribution in [0.25, 0.3) is 0 Å². The highest BCUT2D eigenvalue weighted by Crippen LogP contribution is 2.31. The van der Waals surface area contributed by atoms with Crippen LogP contribution in [0.15, 0.2) is 34.1 Å². The average Bonchev–Trinajstić information content (AvgIpc) is 2.63. The summed E-state index contributed by atoms with van der Waals surface area (Å²) in [6, 6.07) is 6.00. The van der Waals surface area contributed by atoms with Crippen molar-refractivity contribution in [2.75, 3.05) is 6.61 Å². The average molecular weight is 284 g/mol. The molecule has 2 N–H and O–H groups in total. The number of rotatable bonds is 2. The van der Waals surface area contributed by atoms with E-state index in [1.807, 2.05) is 32.0 Å². The van der Waals surface area contributed by atoms with Gasteiger partial charge in [-0.2, -0.15) is 0 Å². The molecule has 1 aromatic carbocycles. The molecule has 86 valence electrons. The number of aliphatic hydroxyl groups excluding tert-OH is 1. The third kappa shape index (κ3) is 1.95. The van der Waals surface area contributed by atoms with Crippen LogP contribution in [0.5, 0.6) is 0 Å². The second kappa shape index (κ2) is 4.47. The van der Waals surface area contributed by atoms with E-state index in [1.165, 1.54) is 0 Å². The number of aliphatic hydroxyl groups is 1. The molecule has 1 aliphatic heterocycles. The first kappa shape index (κ1) is 11.5. The van der Waals surface area contributed by atoms with Crippen molar-refractivity contribution in [3.8, 4) is 0 Å². The minimum absolute atomic E-state index is 0.0671. The molecule has 0 bridgehead atoms. The Labute approximate surface area is 103 Å². The summed E-state index contributed by atoms with van der Waals surface area (Å²) in [5, 5.41) is 12.3. The SMILES string of the molecule is CC1=C(CO)OC(c2cccc(Br)c2C)N1. The fourth-order valence-corrected chi connectivity index (χ4v) is 2.12. The van der Waals surface area contributed by atoms with Crippen molar-refractivity contribution in [2.24, 2.45) is 0 Å². The van der Waals surface area contributed by atoms with Gasteiger partial charge in [-0.05, 0) is 25.5 Å². The summed E-state index contributed by atoms with van der Waals surface area (Å²) in [5.41, 5.74) is 3.12. The summed E-state index contributed by atoms with van der Waals surface area (Å²) >= 11 is 3.49. The number of halogens is 1. The van der Waals surface area contributed by atoms with Crippen molar-refractivity contribution >= 4 is 15.9 Å². The minimum Gasteiger partial charge on any atom is -0.467 e. The third-order valence-electron chi connectivity index (χ3n) is 2.76. The quantitative estimate of drug-likeness (QED) is 0.877. The van der Waals surface area contributed by atoms with Crippen molar-refractivity contribution in [1.29, 1.82) is 0 Å². The van der Waals surface area contributed by atoms with E-state index in [2.05, 4.69) is 21.2 Å². The zero-order valence-corrected chi connectivity index (χ0v) is 10.8. The third-order valence-corrected chi connectivity index (χ3v) is 3.62. The van der Waals surface area contributed by atoms with Crippen LogP contribution in [-0.2, 0) is 4.74 Å². The number of benzene rings is 1. The molecule has 1 aromatic rings. The maximum absolute atomic E-state index is 9.09. The van der Waals surface area contributed by atoms with Gasteiger partial charge in [-0.25, -0.2) is 0 Å². The summed E-state index contributed by atoms with van der Waals surface area (Å²) in [5.74, 6) is 0.615. The van der Waals surface area contributed by atoms with E-state index in [4.69, 9.17) is 9.84 Å². The number of nitrogens with one attached hydrogen (secondary N) is 1. The molecule has 0 saturated carbocycles. The van der Waals surface area contributed by atoms with Crippen LogP contribution in [0.1, 0.15) is 24.3 Å². The maximum Gasteiger partial charge on any atom is 0.196 e. The van der Waals surface area contributed by atoms with Gasteiger partial charge >= 0.3 is 0 Å². The minimum atomic E-state index is -0.195. The molecule has 0 saturated heterocycles. The normalized spacial score (nSPS) is 19.6. The van der Waals surface area contributed by atoms with Gasteiger partial charge in [-0.3, -0.25) is 0 Å². The van der Waals surface area contributed by atoms with Gasteiger partial charge in [0.2, 0.25) is 0 Å². The molecule has 0 aromatic heterocycles. The van der Waals surface area contributed by atoms with Crippen molar-refractivity contribution in [3.63, 3.8) is 0 Å². The Morgan fingerprint density at radius 1 is 1.44 bits per heavy atom. The molecule has 4 heteroatoms. The highest BCUT2D eigenvalue weighted by molar-refractivity contribution is 9.10. The van der Waals surface area contributed by atoms with Crippen LogP contribution >= 0.6 is 15.9 Å². The van der Waals surface area contributed by atoms with Crippen molar-refractivity contribution < 1.29 is 9.84 Å². The predicted octanol–water partition coefficient (Wildman–Crippen LogP) is 2.60. The van der Waals surface area contributed by atoms with Gasteiger partial charge in [-0.15, -0.1) is 0 Å². The van der Waals surface area contributed by atoms with Gasteiger partial charge in [0.1, 0.15) is 12.4 Å². The van der Waals surface area contributed by atoms with Crippen molar-refractivity contribution in [2.45, 2.75) is 20.1 Å². The number of hydrogen-bond acceptors (Lipinski definition) is 3. The van der Waals surface area contributed by atoms with Crippen molar-refractivity contribution in [1.82, 2.24) is 5.32 Å². The molecular weight excluding hydrogens is 270 g/mol. The summed E-state index contributed by atoms with van der Waals surface area (Å²) in [4.78, 5) is 0. The molecule has 3 nitrogen and oxygen atoms in total. The molecular formula is C12H14BrNO2. The topological polar surface area (TPSA) is 41.5 Å². The Bertz CT molecular complexity index is 443. The summed E-state index contributed by atoms with van der Waals surface area (Å²) in [6.07, 6.45) is -0.195. The molecule has 1 unspecified atom stereocenters. The van der Waals surface area contributed by atoms with Gasteiger partial charge in [-0.1, -0.05) is 28.1 Å². The van der Waals surface area contributed by atoms with Crippen LogP contribution in [0.2, 0.25) is 0 Å². The van der Waals surface area contributed by atoms with Crippen LogP contribution < -0.4 is 5.32 Å². The second-order valence-corrected chi connectivity index (χ2v) is 4.66. The lowest BCUT2D eigenvalue weighted by molar-refractivity contribution is 0.102. The molecule has 0 radical (unpaired) electrons. The molecule has 1 aliphatic rings. The van der Waals surface area contributed by atoms with E-state index >= 15 is 0 Å². The van der Waals surface area contributed by atoms with E-state index in [-0.39, 0.29) is 12.8 Å². The lowest BCUT2D eigenvalue weighted by atomic mass is 10.1. The number of allylic oxidation sites excluding steroid dienone is 1. The smallest absolute Gasteiger partial charge is 0.196 e. The van der Waals surface area contributed by atoms with E-state index in [1.54, 1.807) is 0 Å². The molecule has 16 heavy (non-hydrogen) atoms. The van der Waals surface area contributed by atoms with Crippen LogP contribution in [0.4, 0.5) is 0 Å². The van der Waals surface area contributed by atoms with Crippen molar-refractivity contribution in [3.05, 3.63) is 45.3 Å². The molecule has 0 fully saturated rings. The second-order valence-electron chi connectivity index (χ2n) is 3.80. The lowest BCUT2D eigenvalue weighted by Gasteiger charge is -2.16. The van der Waals surface area contributed by atoms with E-state index in [9.17, 15) is 0 Å². The van der Waals surface area contributed by atoms with Gasteiger partial charge < -0.3 is 15.2 Å². The molecule has 0 aliphatic carbocycles. The highest BCUT2D eigenvalue weighted by atomic mass is 79.9. The monoisotopic (exact) mass is 283 g/mol. The van der Waals surface area contributed by atoms with E-state index < -0.39 is 0 Å². The Morgan fingerprint density at radius 3 is 2.81 bits per heavy atom. The predicted molar refractivity (Wildman–Crippen MR) is 65.6 cm³/mol. The fraction of sp³-hybridized carbons (Fsp3) is 0.333. The lowest BCUT2D eigenvalue weighted by Crippen LogP contribution is -2.15. The summed E-state index contributed by atoms with van der Waals surface area (Å²) < 4.78 is 6.70. The van der Waals surface area contributed by atoms with Crippen LogP contribution in [0, 0.1) is 6.92 Å². The van der Waals surface area contributed by atoms with Gasteiger partial charge in [0, 0.05) is 10.0 Å². The molecule has 1 atom stereocenters. The Morgan fingerprint density at radius 2 is 2.19 bits per heavy atom. The molecule has 2 rings (SSSR count). The first-order valence-electron chi connectivity index (χ1n) is 5.12. The Hall–Kier alpha value is -1.00. The molecule has 0 spiro atoms. The number of hydrogen-bond donors (Lipinski definition) is 2. The first-order chi connectivity index (χ1) is 7.63. The zero-order chi connectivity index (χ0) is 11.7. The van der Waals surface area contributed by atoms with Crippen LogP contribution in [0.3, 0.4) is 0 Å². The molecule has 0 amide bonds. The van der Waals surface area contributed by atoms with Crippen LogP contribution in [-0.4, -0.2) is 11.7 Å². The summed E-state index contributed by atoms with van der Waals surface area (Å²) in [7, 11) is 0. The van der Waals surface area contributed by atoms with E-state index in [0.717, 1.165) is 21.3 Å². The number of ether oxygens (including phenoxy) is 1. The van der Waals surface area contributed by atoms with E-state index in [0.29, 0.717) is 5.76 Å². The molecule has 1 heterocycles. The maximum atomic E-state index is 9.09. The largest absolute Gasteiger partial charge is 0.467 e. The van der Waals surface area contributed by atoms with Gasteiger partial charge in [0.25, 0.3) is 0 Å². The van der Waals surface area contributed by atoms with Gasteiger partial charge in [0.15, 0.2) is 6.23 Å².